The van der Waals surface area contributed by atoms with E-state index in [-0.39, 0.29) is 29.7 Å². The summed E-state index contributed by atoms with van der Waals surface area (Å²) in [5, 5.41) is 6.94. The molecule has 2 rings (SSSR count). The average Bonchev–Trinajstić information content (AvgIpc) is 3.07. The van der Waals surface area contributed by atoms with Gasteiger partial charge in [0.2, 0.25) is 10.0 Å². The zero-order valence-electron chi connectivity index (χ0n) is 14.5. The predicted molar refractivity (Wildman–Crippen MR) is 106 cm³/mol. The van der Waals surface area contributed by atoms with Crippen LogP contribution in [0.5, 0.6) is 0 Å². The Labute approximate surface area is 165 Å². The van der Waals surface area contributed by atoms with Gasteiger partial charge in [0.15, 0.2) is 5.96 Å². The van der Waals surface area contributed by atoms with Gasteiger partial charge >= 0.3 is 0 Å². The van der Waals surface area contributed by atoms with Crippen LogP contribution in [0.2, 0.25) is 0 Å². The number of hydrogen-bond acceptors (Lipinski definition) is 6. The van der Waals surface area contributed by atoms with Crippen LogP contribution in [-0.2, 0) is 20.5 Å². The molecule has 0 aliphatic carbocycles. The standard InChI is InChI=1S/C14H25N5O4S.HI/c1-15-14(16-5-3-10-22-2)18-6-8-19(9-7-18)24(20,21)12-13-4-11-23-17-13;/h4,11H,3,5-10,12H2,1-2H3,(H,15,16);1H. The van der Waals surface area contributed by atoms with Gasteiger partial charge in [-0.25, -0.2) is 8.42 Å². The maximum absolute atomic E-state index is 12.4. The highest BCUT2D eigenvalue weighted by Crippen LogP contribution is 2.12. The van der Waals surface area contributed by atoms with E-state index >= 15 is 0 Å². The SMILES string of the molecule is CN=C(NCCCOC)N1CCN(S(=O)(=O)Cc2ccon2)CC1.I. The Kier molecular flexibility index (Phi) is 9.67. The summed E-state index contributed by atoms with van der Waals surface area (Å²) in [7, 11) is 0.0236. The Balaban J connectivity index is 0.00000312. The van der Waals surface area contributed by atoms with Crippen LogP contribution in [0.3, 0.4) is 0 Å². The lowest BCUT2D eigenvalue weighted by atomic mass is 10.4. The second-order valence-corrected chi connectivity index (χ2v) is 7.42. The lowest BCUT2D eigenvalue weighted by Crippen LogP contribution is -2.54. The largest absolute Gasteiger partial charge is 0.385 e. The minimum atomic E-state index is -3.38. The van der Waals surface area contributed by atoms with Gasteiger partial charge in [0.05, 0.1) is 5.69 Å². The molecule has 1 saturated heterocycles. The average molecular weight is 487 g/mol. The van der Waals surface area contributed by atoms with Gasteiger partial charge in [-0.1, -0.05) is 5.16 Å². The van der Waals surface area contributed by atoms with Crippen molar-refractivity contribution in [1.82, 2.24) is 19.7 Å². The number of sulfonamides is 1. The first kappa shape index (κ1) is 22.1. The molecular weight excluding hydrogens is 461 g/mol. The van der Waals surface area contributed by atoms with E-state index < -0.39 is 10.0 Å². The van der Waals surface area contributed by atoms with Crippen LogP contribution >= 0.6 is 24.0 Å². The third-order valence-corrected chi connectivity index (χ3v) is 5.59. The van der Waals surface area contributed by atoms with Gasteiger partial charge < -0.3 is 19.5 Å². The Morgan fingerprint density at radius 3 is 2.68 bits per heavy atom. The van der Waals surface area contributed by atoms with Crippen molar-refractivity contribution in [2.75, 3.05) is 53.5 Å². The van der Waals surface area contributed by atoms with Gasteiger partial charge in [-0.05, 0) is 6.42 Å². The molecule has 0 aromatic carbocycles. The molecule has 1 N–H and O–H groups in total. The van der Waals surface area contributed by atoms with Crippen molar-refractivity contribution in [2.24, 2.45) is 4.99 Å². The molecule has 1 aliphatic heterocycles. The lowest BCUT2D eigenvalue weighted by molar-refractivity contribution is 0.195. The Morgan fingerprint density at radius 1 is 1.40 bits per heavy atom. The summed E-state index contributed by atoms with van der Waals surface area (Å²) in [5.41, 5.74) is 0.424. The number of aliphatic imine (C=N–C) groups is 1. The number of rotatable bonds is 7. The number of piperazine rings is 1. The summed E-state index contributed by atoms with van der Waals surface area (Å²) < 4.78 is 36.0. The van der Waals surface area contributed by atoms with Gasteiger partial charge in [-0.15, -0.1) is 24.0 Å². The number of halogens is 1. The first-order chi connectivity index (χ1) is 11.6. The number of hydrogen-bond donors (Lipinski definition) is 1. The molecule has 144 valence electrons. The number of ether oxygens (including phenoxy) is 1. The smallest absolute Gasteiger partial charge is 0.220 e. The molecule has 1 aromatic heterocycles. The van der Waals surface area contributed by atoms with Crippen LogP contribution in [0, 0.1) is 0 Å². The molecule has 9 nitrogen and oxygen atoms in total. The number of nitrogens with one attached hydrogen (secondary N) is 1. The topological polar surface area (TPSA) is 100 Å². The number of methoxy groups -OCH3 is 1. The zero-order chi connectivity index (χ0) is 17.4. The van der Waals surface area contributed by atoms with Gasteiger partial charge in [0, 0.05) is 59.6 Å². The highest BCUT2D eigenvalue weighted by Gasteiger charge is 2.28. The summed E-state index contributed by atoms with van der Waals surface area (Å²) in [6.07, 6.45) is 2.27. The first-order valence-electron chi connectivity index (χ1n) is 7.88. The second kappa shape index (κ2) is 10.9. The molecule has 0 unspecified atom stereocenters. The molecule has 0 saturated carbocycles. The molecule has 11 heteroatoms. The van der Waals surface area contributed by atoms with Crippen molar-refractivity contribution >= 4 is 40.0 Å². The maximum atomic E-state index is 12.4. The number of guanidine groups is 1. The van der Waals surface area contributed by atoms with Crippen LogP contribution in [0.15, 0.2) is 21.8 Å². The fraction of sp³-hybridized carbons (Fsp3) is 0.714. The summed E-state index contributed by atoms with van der Waals surface area (Å²) in [6.45, 7) is 3.52. The number of nitrogens with zero attached hydrogens (tertiary/aromatic N) is 4. The van der Waals surface area contributed by atoms with Crippen molar-refractivity contribution in [3.8, 4) is 0 Å². The third-order valence-electron chi connectivity index (χ3n) is 3.77. The van der Waals surface area contributed by atoms with Crippen molar-refractivity contribution in [3.63, 3.8) is 0 Å². The summed E-state index contributed by atoms with van der Waals surface area (Å²) in [4.78, 5) is 6.32. The van der Waals surface area contributed by atoms with Gasteiger partial charge in [0.1, 0.15) is 12.0 Å². The molecule has 0 amide bonds. The Bertz CT molecular complexity index is 615. The third kappa shape index (κ3) is 6.72. The normalized spacial score (nSPS) is 16.6. The van der Waals surface area contributed by atoms with Gasteiger partial charge in [-0.3, -0.25) is 4.99 Å². The first-order valence-corrected chi connectivity index (χ1v) is 9.49. The van der Waals surface area contributed by atoms with Crippen molar-refractivity contribution < 1.29 is 17.7 Å². The van der Waals surface area contributed by atoms with E-state index in [1.807, 2.05) is 0 Å². The van der Waals surface area contributed by atoms with E-state index in [4.69, 9.17) is 9.26 Å². The molecular formula is C14H26IN5O4S. The molecule has 0 radical (unpaired) electrons. The summed E-state index contributed by atoms with van der Waals surface area (Å²) in [5.74, 6) is 0.660. The molecule has 2 heterocycles. The van der Waals surface area contributed by atoms with Gasteiger partial charge in [-0.2, -0.15) is 4.31 Å². The van der Waals surface area contributed by atoms with Crippen LogP contribution in [0.1, 0.15) is 12.1 Å². The molecule has 0 atom stereocenters. The van der Waals surface area contributed by atoms with E-state index in [1.165, 1.54) is 10.6 Å². The molecule has 1 aliphatic rings. The van der Waals surface area contributed by atoms with Crippen LogP contribution in [0.25, 0.3) is 0 Å². The number of aromatic nitrogens is 1. The van der Waals surface area contributed by atoms with Crippen LogP contribution in [-0.4, -0.2) is 82.2 Å². The molecule has 1 fully saturated rings. The lowest BCUT2D eigenvalue weighted by Gasteiger charge is -2.35. The minimum absolute atomic E-state index is 0. The molecule has 25 heavy (non-hydrogen) atoms. The highest BCUT2D eigenvalue weighted by molar-refractivity contribution is 14.0. The summed E-state index contributed by atoms with van der Waals surface area (Å²) >= 11 is 0. The van der Waals surface area contributed by atoms with Crippen molar-refractivity contribution in [3.05, 3.63) is 18.0 Å². The fourth-order valence-electron chi connectivity index (χ4n) is 2.52. The summed E-state index contributed by atoms with van der Waals surface area (Å²) in [6, 6.07) is 1.57. The van der Waals surface area contributed by atoms with E-state index in [1.54, 1.807) is 20.2 Å². The molecule has 0 spiro atoms. The van der Waals surface area contributed by atoms with E-state index in [0.29, 0.717) is 38.5 Å². The van der Waals surface area contributed by atoms with E-state index in [0.717, 1.165) is 18.9 Å². The Morgan fingerprint density at radius 2 is 2.12 bits per heavy atom. The quantitative estimate of drug-likeness (QED) is 0.257. The second-order valence-electron chi connectivity index (χ2n) is 5.45. The maximum Gasteiger partial charge on any atom is 0.220 e. The van der Waals surface area contributed by atoms with Gasteiger partial charge in [0.25, 0.3) is 0 Å². The van der Waals surface area contributed by atoms with Crippen molar-refractivity contribution in [1.29, 1.82) is 0 Å². The predicted octanol–water partition coefficient (Wildman–Crippen LogP) is 0.352. The van der Waals surface area contributed by atoms with E-state index in [2.05, 4.69) is 20.4 Å². The van der Waals surface area contributed by atoms with E-state index in [9.17, 15) is 8.42 Å². The van der Waals surface area contributed by atoms with Crippen molar-refractivity contribution in [2.45, 2.75) is 12.2 Å². The molecule has 0 bridgehead atoms. The van der Waals surface area contributed by atoms with Crippen LogP contribution in [0.4, 0.5) is 0 Å². The monoisotopic (exact) mass is 487 g/mol. The highest BCUT2D eigenvalue weighted by atomic mass is 127. The molecule has 1 aromatic rings. The zero-order valence-corrected chi connectivity index (χ0v) is 17.7. The fourth-order valence-corrected chi connectivity index (χ4v) is 3.94. The minimum Gasteiger partial charge on any atom is -0.385 e. The van der Waals surface area contributed by atoms with Crippen LogP contribution < -0.4 is 5.32 Å². The Hall–Kier alpha value is -0.920.